The highest BCUT2D eigenvalue weighted by atomic mass is 16.6. The zero-order valence-corrected chi connectivity index (χ0v) is 25.4. The average molecular weight is 582 g/mol. The fourth-order valence-electron chi connectivity index (χ4n) is 4.61. The Morgan fingerprint density at radius 3 is 2.31 bits per heavy atom. The van der Waals surface area contributed by atoms with Gasteiger partial charge in [0.15, 0.2) is 5.84 Å². The molecule has 0 saturated carbocycles. The van der Waals surface area contributed by atoms with Gasteiger partial charge in [-0.25, -0.2) is 9.80 Å². The van der Waals surface area contributed by atoms with Crippen molar-refractivity contribution >= 4 is 29.4 Å². The summed E-state index contributed by atoms with van der Waals surface area (Å²) in [6, 6.07) is 13.3. The molecular formula is C30H43N7O5. The molecule has 3 rings (SSSR count). The van der Waals surface area contributed by atoms with Crippen molar-refractivity contribution in [2.45, 2.75) is 53.3 Å². The summed E-state index contributed by atoms with van der Waals surface area (Å²) in [6.45, 7) is 11.0. The number of rotatable bonds is 11. The van der Waals surface area contributed by atoms with Gasteiger partial charge in [0, 0.05) is 51.0 Å². The van der Waals surface area contributed by atoms with Gasteiger partial charge in [-0.15, -0.1) is 0 Å². The minimum atomic E-state index is -0.623. The zero-order chi connectivity index (χ0) is 31.0. The molecule has 0 aromatic heterocycles. The summed E-state index contributed by atoms with van der Waals surface area (Å²) >= 11 is 0. The van der Waals surface area contributed by atoms with Gasteiger partial charge in [0.05, 0.1) is 13.1 Å². The summed E-state index contributed by atoms with van der Waals surface area (Å²) in [4.78, 5) is 42.3. The molecule has 228 valence electrons. The lowest BCUT2D eigenvalue weighted by Gasteiger charge is -2.32. The highest BCUT2D eigenvalue weighted by Gasteiger charge is 2.27. The Bertz CT molecular complexity index is 1280. The molecule has 0 fully saturated rings. The van der Waals surface area contributed by atoms with Crippen molar-refractivity contribution in [3.05, 3.63) is 64.7 Å². The van der Waals surface area contributed by atoms with E-state index < -0.39 is 11.7 Å². The number of fused-ring (bicyclic) bond motifs is 1. The average Bonchev–Trinajstić information content (AvgIpc) is 3.37. The van der Waals surface area contributed by atoms with Gasteiger partial charge < -0.3 is 30.8 Å². The standard InChI is InChI=1S/C30H43N7O5/c1-7-35(29(40)42-30(3,4)5)15-14-32-26(38)19-36(25-16-22(28(31)33-41)13-12-21(25)2)20-27(39)34(6)37-17-23-10-8-9-11-24(23)18-37/h8-13,16,41H,7,14-15,17-20H2,1-6H3,(H2,31,33)(H,32,38). The van der Waals surface area contributed by atoms with Gasteiger partial charge in [-0.1, -0.05) is 41.6 Å². The van der Waals surface area contributed by atoms with Crippen LogP contribution in [0.4, 0.5) is 10.5 Å². The number of hydrogen-bond donors (Lipinski definition) is 3. The normalized spacial score (nSPS) is 13.3. The van der Waals surface area contributed by atoms with Crippen LogP contribution in [-0.2, 0) is 27.4 Å². The number of hydrogen-bond acceptors (Lipinski definition) is 8. The fraction of sp³-hybridized carbons (Fsp3) is 0.467. The first kappa shape index (κ1) is 32.2. The number of amidine groups is 1. The highest BCUT2D eigenvalue weighted by molar-refractivity contribution is 5.98. The Kier molecular flexibility index (Phi) is 10.8. The monoisotopic (exact) mass is 581 g/mol. The number of hydrazine groups is 1. The maximum Gasteiger partial charge on any atom is 0.410 e. The molecule has 0 atom stereocenters. The number of anilines is 1. The van der Waals surface area contributed by atoms with E-state index in [1.807, 2.05) is 31.0 Å². The topological polar surface area (TPSA) is 144 Å². The SMILES string of the molecule is CCN(CCNC(=O)CN(CC(=O)N(C)N1Cc2ccccc2C1)c1cc(C(N)=NO)ccc1C)C(=O)OC(C)(C)C. The lowest BCUT2D eigenvalue weighted by molar-refractivity contribution is -0.145. The van der Waals surface area contributed by atoms with Gasteiger partial charge in [0.2, 0.25) is 5.91 Å². The zero-order valence-electron chi connectivity index (χ0n) is 25.4. The summed E-state index contributed by atoms with van der Waals surface area (Å²) in [6.07, 6.45) is -0.450. The lowest BCUT2D eigenvalue weighted by atomic mass is 10.1. The van der Waals surface area contributed by atoms with E-state index in [9.17, 15) is 19.6 Å². The Hall–Kier alpha value is -4.32. The summed E-state index contributed by atoms with van der Waals surface area (Å²) in [7, 11) is 1.72. The molecule has 42 heavy (non-hydrogen) atoms. The molecule has 4 N–H and O–H groups in total. The van der Waals surface area contributed by atoms with Crippen LogP contribution in [0.3, 0.4) is 0 Å². The van der Waals surface area contributed by atoms with Crippen molar-refractivity contribution in [1.29, 1.82) is 0 Å². The molecule has 0 saturated heterocycles. The highest BCUT2D eigenvalue weighted by Crippen LogP contribution is 2.25. The third kappa shape index (κ3) is 8.59. The largest absolute Gasteiger partial charge is 0.444 e. The van der Waals surface area contributed by atoms with Gasteiger partial charge in [-0.2, -0.15) is 0 Å². The Morgan fingerprint density at radius 2 is 1.74 bits per heavy atom. The number of amides is 3. The number of carbonyl (C=O) groups excluding carboxylic acids is 3. The third-order valence-electron chi connectivity index (χ3n) is 6.96. The van der Waals surface area contributed by atoms with E-state index in [2.05, 4.69) is 22.6 Å². The summed E-state index contributed by atoms with van der Waals surface area (Å²) in [5.74, 6) is -0.611. The lowest BCUT2D eigenvalue weighted by Crippen LogP contribution is -2.48. The van der Waals surface area contributed by atoms with Gasteiger partial charge >= 0.3 is 6.09 Å². The Labute approximate surface area is 247 Å². The fourth-order valence-corrected chi connectivity index (χ4v) is 4.61. The first-order valence-corrected chi connectivity index (χ1v) is 14.0. The number of ether oxygens (including phenoxy) is 1. The molecule has 0 radical (unpaired) electrons. The van der Waals surface area contributed by atoms with E-state index in [-0.39, 0.29) is 43.8 Å². The van der Waals surface area contributed by atoms with E-state index in [1.165, 1.54) is 16.0 Å². The Balaban J connectivity index is 1.73. The molecule has 0 bridgehead atoms. The van der Waals surface area contributed by atoms with Crippen LogP contribution < -0.4 is 16.0 Å². The van der Waals surface area contributed by atoms with Crippen LogP contribution in [0.1, 0.15) is 49.9 Å². The smallest absolute Gasteiger partial charge is 0.410 e. The van der Waals surface area contributed by atoms with E-state index in [0.29, 0.717) is 30.9 Å². The first-order valence-electron chi connectivity index (χ1n) is 14.0. The second-order valence-corrected chi connectivity index (χ2v) is 11.3. The van der Waals surface area contributed by atoms with Crippen molar-refractivity contribution in [3.8, 4) is 0 Å². The van der Waals surface area contributed by atoms with Crippen molar-refractivity contribution in [2.24, 2.45) is 10.9 Å². The predicted molar refractivity (Wildman–Crippen MR) is 161 cm³/mol. The number of nitrogens with two attached hydrogens (primary N) is 1. The summed E-state index contributed by atoms with van der Waals surface area (Å²) in [5.41, 5.74) is 9.42. The minimum Gasteiger partial charge on any atom is -0.444 e. The minimum absolute atomic E-state index is 0.0827. The van der Waals surface area contributed by atoms with E-state index in [4.69, 9.17) is 10.5 Å². The molecule has 12 heteroatoms. The quantitative estimate of drug-likeness (QED) is 0.159. The van der Waals surface area contributed by atoms with Gasteiger partial charge in [-0.05, 0) is 57.4 Å². The third-order valence-corrected chi connectivity index (χ3v) is 6.96. The van der Waals surface area contributed by atoms with E-state index in [0.717, 1.165) is 5.56 Å². The van der Waals surface area contributed by atoms with Crippen LogP contribution in [0.15, 0.2) is 47.6 Å². The van der Waals surface area contributed by atoms with E-state index >= 15 is 0 Å². The summed E-state index contributed by atoms with van der Waals surface area (Å²) in [5, 5.41) is 18.7. The molecule has 1 aliphatic heterocycles. The predicted octanol–water partition coefficient (Wildman–Crippen LogP) is 2.66. The van der Waals surface area contributed by atoms with Crippen LogP contribution >= 0.6 is 0 Å². The molecule has 12 nitrogen and oxygen atoms in total. The number of benzene rings is 2. The van der Waals surface area contributed by atoms with Crippen molar-refractivity contribution in [3.63, 3.8) is 0 Å². The first-order chi connectivity index (χ1) is 19.8. The maximum absolute atomic E-state index is 13.5. The van der Waals surface area contributed by atoms with E-state index in [1.54, 1.807) is 55.9 Å². The van der Waals surface area contributed by atoms with Crippen molar-refractivity contribution < 1.29 is 24.3 Å². The second kappa shape index (κ2) is 14.0. The van der Waals surface area contributed by atoms with Crippen LogP contribution in [-0.4, -0.2) is 89.2 Å². The van der Waals surface area contributed by atoms with Crippen LogP contribution in [0.2, 0.25) is 0 Å². The number of nitrogens with one attached hydrogen (secondary N) is 1. The van der Waals surface area contributed by atoms with Crippen LogP contribution in [0.25, 0.3) is 0 Å². The van der Waals surface area contributed by atoms with Gasteiger partial charge in [0.25, 0.3) is 5.91 Å². The second-order valence-electron chi connectivity index (χ2n) is 11.3. The summed E-state index contributed by atoms with van der Waals surface area (Å²) < 4.78 is 5.43. The molecule has 0 unspecified atom stereocenters. The van der Waals surface area contributed by atoms with Crippen LogP contribution in [0.5, 0.6) is 0 Å². The molecule has 0 spiro atoms. The number of nitrogens with zero attached hydrogens (tertiary/aromatic N) is 5. The molecule has 2 aromatic rings. The van der Waals surface area contributed by atoms with Gasteiger partial charge in [0.1, 0.15) is 5.60 Å². The molecular weight excluding hydrogens is 538 g/mol. The molecule has 0 aliphatic carbocycles. The number of oxime groups is 1. The van der Waals surface area contributed by atoms with Crippen molar-refractivity contribution in [2.75, 3.05) is 44.7 Å². The molecule has 1 aliphatic rings. The number of carbonyl (C=O) groups is 3. The molecule has 1 heterocycles. The van der Waals surface area contributed by atoms with Crippen LogP contribution in [0, 0.1) is 6.92 Å². The number of aryl methyl sites for hydroxylation is 1. The number of likely N-dealkylation sites (N-methyl/N-ethyl adjacent to an activating group) is 2. The Morgan fingerprint density at radius 1 is 1.10 bits per heavy atom. The van der Waals surface area contributed by atoms with Crippen molar-refractivity contribution in [1.82, 2.24) is 20.2 Å². The van der Waals surface area contributed by atoms with Gasteiger partial charge in [-0.3, -0.25) is 14.6 Å². The maximum atomic E-state index is 13.5. The molecule has 3 amide bonds. The molecule has 2 aromatic carbocycles.